The first kappa shape index (κ1) is 19.4. The van der Waals surface area contributed by atoms with Crippen molar-refractivity contribution in [1.29, 1.82) is 0 Å². The Hall–Kier alpha value is -1.93. The van der Waals surface area contributed by atoms with Crippen LogP contribution in [0, 0.1) is 5.82 Å². The molecule has 0 fully saturated rings. The molecule has 3 N–H and O–H groups in total. The summed E-state index contributed by atoms with van der Waals surface area (Å²) >= 11 is 4.95. The Balaban J connectivity index is 2.14. The number of thiophene rings is 1. The van der Waals surface area contributed by atoms with Gasteiger partial charge in [0.25, 0.3) is 0 Å². The summed E-state index contributed by atoms with van der Waals surface area (Å²) in [7, 11) is 0. The van der Waals surface area contributed by atoms with Crippen LogP contribution >= 0.6 is 27.3 Å². The summed E-state index contributed by atoms with van der Waals surface area (Å²) in [6.45, 7) is 2.85. The van der Waals surface area contributed by atoms with Crippen molar-refractivity contribution >= 4 is 39.2 Å². The van der Waals surface area contributed by atoms with Crippen LogP contribution in [0.4, 0.5) is 9.18 Å². The molecule has 5 nitrogen and oxygen atoms in total. The highest BCUT2D eigenvalue weighted by molar-refractivity contribution is 9.11. The van der Waals surface area contributed by atoms with Gasteiger partial charge in [-0.25, -0.2) is 9.18 Å². The third kappa shape index (κ3) is 5.54. The van der Waals surface area contributed by atoms with Crippen LogP contribution in [-0.2, 0) is 11.3 Å². The van der Waals surface area contributed by atoms with Crippen molar-refractivity contribution in [2.45, 2.75) is 25.9 Å². The van der Waals surface area contributed by atoms with Crippen LogP contribution in [0.3, 0.4) is 0 Å². The van der Waals surface area contributed by atoms with Crippen LogP contribution < -0.4 is 11.1 Å². The minimum absolute atomic E-state index is 0.0652. The number of nitrogens with zero attached hydrogens (tertiary/aromatic N) is 1. The molecule has 1 heterocycles. The molecule has 0 radical (unpaired) electrons. The number of benzene rings is 1. The minimum Gasteiger partial charge on any atom is -0.352 e. The molecule has 3 amide bonds. The summed E-state index contributed by atoms with van der Waals surface area (Å²) < 4.78 is 15.0. The quantitative estimate of drug-likeness (QED) is 0.704. The van der Waals surface area contributed by atoms with Gasteiger partial charge in [-0.1, -0.05) is 18.2 Å². The highest BCUT2D eigenvalue weighted by atomic mass is 79.9. The molecular formula is C17H19BrFN3O2S. The SMILES string of the molecule is CCN(Cc1ccc(Br)s1)C(=O)CC(NC(N)=O)c1ccccc1F. The third-order valence-corrected chi connectivity index (χ3v) is 5.29. The number of carbonyl (C=O) groups is 2. The topological polar surface area (TPSA) is 75.4 Å². The summed E-state index contributed by atoms with van der Waals surface area (Å²) in [6, 6.07) is 8.29. The van der Waals surface area contributed by atoms with Gasteiger partial charge in [0.2, 0.25) is 5.91 Å². The summed E-state index contributed by atoms with van der Waals surface area (Å²) in [5.41, 5.74) is 5.43. The molecule has 1 unspecified atom stereocenters. The average Bonchev–Trinajstić information content (AvgIpc) is 2.97. The standard InChI is InChI=1S/C17H19BrFN3O2S/c1-2-22(10-11-7-8-15(18)25-11)16(23)9-14(21-17(20)24)12-5-3-4-6-13(12)19/h3-8,14H,2,9-10H2,1H3,(H3,20,21,24). The molecule has 0 saturated carbocycles. The van der Waals surface area contributed by atoms with E-state index < -0.39 is 17.9 Å². The van der Waals surface area contributed by atoms with Crippen molar-refractivity contribution in [3.8, 4) is 0 Å². The predicted octanol–water partition coefficient (Wildman–Crippen LogP) is 3.80. The molecule has 0 aliphatic rings. The van der Waals surface area contributed by atoms with Crippen molar-refractivity contribution in [1.82, 2.24) is 10.2 Å². The van der Waals surface area contributed by atoms with E-state index in [0.29, 0.717) is 13.1 Å². The lowest BCUT2D eigenvalue weighted by Crippen LogP contribution is -2.38. The monoisotopic (exact) mass is 427 g/mol. The lowest BCUT2D eigenvalue weighted by atomic mass is 10.0. The predicted molar refractivity (Wildman–Crippen MR) is 99.6 cm³/mol. The lowest BCUT2D eigenvalue weighted by Gasteiger charge is -2.24. The molecule has 2 aromatic rings. The largest absolute Gasteiger partial charge is 0.352 e. The molecule has 134 valence electrons. The van der Waals surface area contributed by atoms with Crippen molar-refractivity contribution < 1.29 is 14.0 Å². The molecule has 0 bridgehead atoms. The van der Waals surface area contributed by atoms with Gasteiger partial charge in [-0.3, -0.25) is 4.79 Å². The van der Waals surface area contributed by atoms with Crippen LogP contribution in [0.5, 0.6) is 0 Å². The second-order valence-electron chi connectivity index (χ2n) is 5.40. The molecule has 2 rings (SSSR count). The molecule has 25 heavy (non-hydrogen) atoms. The number of halogens is 2. The molecule has 0 spiro atoms. The van der Waals surface area contributed by atoms with Crippen LogP contribution in [0.1, 0.15) is 29.8 Å². The van der Waals surface area contributed by atoms with E-state index >= 15 is 0 Å². The molecule has 0 saturated heterocycles. The number of nitrogens with one attached hydrogen (secondary N) is 1. The van der Waals surface area contributed by atoms with Gasteiger partial charge in [-0.05, 0) is 41.1 Å². The zero-order valence-electron chi connectivity index (χ0n) is 13.7. The van der Waals surface area contributed by atoms with E-state index in [1.807, 2.05) is 19.1 Å². The Morgan fingerprint density at radius 3 is 2.60 bits per heavy atom. The van der Waals surface area contributed by atoms with Gasteiger partial charge in [0.05, 0.1) is 22.8 Å². The zero-order chi connectivity index (χ0) is 18.4. The van der Waals surface area contributed by atoms with Crippen LogP contribution in [0.25, 0.3) is 0 Å². The maximum atomic E-state index is 14.1. The second-order valence-corrected chi connectivity index (χ2v) is 7.95. The first-order valence-corrected chi connectivity index (χ1v) is 9.34. The van der Waals surface area contributed by atoms with E-state index in [2.05, 4.69) is 21.2 Å². The van der Waals surface area contributed by atoms with Gasteiger partial charge in [-0.15, -0.1) is 11.3 Å². The van der Waals surface area contributed by atoms with Gasteiger partial charge in [0.15, 0.2) is 0 Å². The van der Waals surface area contributed by atoms with Crippen molar-refractivity contribution in [3.05, 3.63) is 56.4 Å². The molecule has 8 heteroatoms. The average molecular weight is 428 g/mol. The summed E-state index contributed by atoms with van der Waals surface area (Å²) in [4.78, 5) is 26.6. The smallest absolute Gasteiger partial charge is 0.312 e. The molecular weight excluding hydrogens is 409 g/mol. The van der Waals surface area contributed by atoms with E-state index in [0.717, 1.165) is 8.66 Å². The number of amides is 3. The summed E-state index contributed by atoms with van der Waals surface area (Å²) in [6.07, 6.45) is -0.0652. The van der Waals surface area contributed by atoms with Gasteiger partial charge >= 0.3 is 6.03 Å². The van der Waals surface area contributed by atoms with Crippen molar-refractivity contribution in [3.63, 3.8) is 0 Å². The van der Waals surface area contributed by atoms with E-state index in [9.17, 15) is 14.0 Å². The first-order chi connectivity index (χ1) is 11.9. The summed E-state index contributed by atoms with van der Waals surface area (Å²) in [5.74, 6) is -0.673. The molecule has 0 aliphatic heterocycles. The minimum atomic E-state index is -0.810. The highest BCUT2D eigenvalue weighted by Crippen LogP contribution is 2.25. The van der Waals surface area contributed by atoms with Crippen LogP contribution in [0.15, 0.2) is 40.2 Å². The Bertz CT molecular complexity index is 753. The van der Waals surface area contributed by atoms with E-state index in [1.165, 1.54) is 12.1 Å². The van der Waals surface area contributed by atoms with E-state index in [4.69, 9.17) is 5.73 Å². The zero-order valence-corrected chi connectivity index (χ0v) is 16.1. The molecule has 1 atom stereocenters. The fraction of sp³-hybridized carbons (Fsp3) is 0.294. The molecule has 0 aliphatic carbocycles. The number of hydrogen-bond donors (Lipinski definition) is 2. The van der Waals surface area contributed by atoms with Crippen LogP contribution in [0.2, 0.25) is 0 Å². The molecule has 1 aromatic heterocycles. The van der Waals surface area contributed by atoms with E-state index in [1.54, 1.807) is 28.4 Å². The van der Waals surface area contributed by atoms with Gasteiger partial charge in [-0.2, -0.15) is 0 Å². The Morgan fingerprint density at radius 1 is 1.32 bits per heavy atom. The summed E-state index contributed by atoms with van der Waals surface area (Å²) in [5, 5.41) is 2.46. The highest BCUT2D eigenvalue weighted by Gasteiger charge is 2.23. The third-order valence-electron chi connectivity index (χ3n) is 3.69. The number of rotatable bonds is 7. The number of urea groups is 1. The van der Waals surface area contributed by atoms with Crippen molar-refractivity contribution in [2.75, 3.05) is 6.54 Å². The fourth-order valence-electron chi connectivity index (χ4n) is 2.47. The van der Waals surface area contributed by atoms with Crippen molar-refractivity contribution in [2.24, 2.45) is 5.73 Å². The Kier molecular flexibility index (Phi) is 6.95. The van der Waals surface area contributed by atoms with Gasteiger partial charge in [0, 0.05) is 17.0 Å². The second kappa shape index (κ2) is 8.96. The maximum absolute atomic E-state index is 14.1. The lowest BCUT2D eigenvalue weighted by molar-refractivity contribution is -0.132. The van der Waals surface area contributed by atoms with E-state index in [-0.39, 0.29) is 17.9 Å². The number of carbonyl (C=O) groups excluding carboxylic acids is 2. The number of hydrogen-bond acceptors (Lipinski definition) is 3. The molecule has 1 aromatic carbocycles. The number of primary amides is 1. The normalized spacial score (nSPS) is 11.8. The van der Waals surface area contributed by atoms with Gasteiger partial charge < -0.3 is 16.0 Å². The fourth-order valence-corrected chi connectivity index (χ4v) is 3.97. The maximum Gasteiger partial charge on any atom is 0.312 e. The van der Waals surface area contributed by atoms with Crippen LogP contribution in [-0.4, -0.2) is 23.4 Å². The Morgan fingerprint density at radius 2 is 2.04 bits per heavy atom. The van der Waals surface area contributed by atoms with Gasteiger partial charge in [0.1, 0.15) is 5.82 Å². The Labute approximate surface area is 158 Å². The first-order valence-electron chi connectivity index (χ1n) is 7.73. The number of nitrogens with two attached hydrogens (primary N) is 1.